The fraction of sp³-hybridized carbons (Fsp3) is 0.500. The zero-order chi connectivity index (χ0) is 20.5. The highest BCUT2D eigenvalue weighted by molar-refractivity contribution is 7.22. The smallest absolute Gasteiger partial charge is 0.225 e. The molecule has 1 fully saturated rings. The summed E-state index contributed by atoms with van der Waals surface area (Å²) in [6.07, 6.45) is 2.91. The van der Waals surface area contributed by atoms with E-state index in [4.69, 9.17) is 10.1 Å². The van der Waals surface area contributed by atoms with E-state index < -0.39 is 0 Å². The molecule has 0 bridgehead atoms. The Balaban J connectivity index is 1.59. The summed E-state index contributed by atoms with van der Waals surface area (Å²) in [5, 5.41) is 8.83. The number of piperidine rings is 1. The van der Waals surface area contributed by atoms with Crippen molar-refractivity contribution in [3.8, 4) is 5.69 Å². The van der Waals surface area contributed by atoms with Crippen LogP contribution >= 0.6 is 11.3 Å². The van der Waals surface area contributed by atoms with Crippen molar-refractivity contribution in [3.63, 3.8) is 0 Å². The number of carbonyl (C=O) groups excluding carboxylic acids is 1. The van der Waals surface area contributed by atoms with Crippen molar-refractivity contribution in [2.75, 3.05) is 18.0 Å². The molecule has 1 N–H and O–H groups in total. The molecule has 29 heavy (non-hydrogen) atoms. The third-order valence-electron chi connectivity index (χ3n) is 5.72. The van der Waals surface area contributed by atoms with Crippen LogP contribution in [0.3, 0.4) is 0 Å². The van der Waals surface area contributed by atoms with Gasteiger partial charge in [-0.15, -0.1) is 0 Å². The predicted molar refractivity (Wildman–Crippen MR) is 119 cm³/mol. The van der Waals surface area contributed by atoms with Crippen LogP contribution in [-0.2, 0) is 4.79 Å². The summed E-state index contributed by atoms with van der Waals surface area (Å²) in [6.45, 7) is 9.95. The van der Waals surface area contributed by atoms with Gasteiger partial charge in [0, 0.05) is 19.1 Å². The lowest BCUT2D eigenvalue weighted by Gasteiger charge is -2.32. The Morgan fingerprint density at radius 3 is 2.79 bits per heavy atom. The number of hydrogen-bond donors (Lipinski definition) is 1. The van der Waals surface area contributed by atoms with Gasteiger partial charge in [0.25, 0.3) is 0 Å². The van der Waals surface area contributed by atoms with Crippen LogP contribution in [0.4, 0.5) is 5.13 Å². The van der Waals surface area contributed by atoms with E-state index in [1.54, 1.807) is 11.3 Å². The van der Waals surface area contributed by atoms with Gasteiger partial charge in [-0.05, 0) is 52.2 Å². The zero-order valence-corrected chi connectivity index (χ0v) is 18.4. The molecule has 0 radical (unpaired) electrons. The van der Waals surface area contributed by atoms with Crippen LogP contribution in [0, 0.1) is 19.8 Å². The first-order chi connectivity index (χ1) is 14.0. The van der Waals surface area contributed by atoms with Crippen molar-refractivity contribution >= 4 is 32.7 Å². The number of carbonyl (C=O) groups is 1. The van der Waals surface area contributed by atoms with Gasteiger partial charge in [0.1, 0.15) is 0 Å². The Hall–Kier alpha value is -2.41. The number of hydrogen-bond acceptors (Lipinski definition) is 5. The molecule has 0 unspecified atom stereocenters. The van der Waals surface area contributed by atoms with Crippen molar-refractivity contribution in [3.05, 3.63) is 35.5 Å². The van der Waals surface area contributed by atoms with Gasteiger partial charge in [-0.1, -0.05) is 36.0 Å². The van der Waals surface area contributed by atoms with Crippen molar-refractivity contribution in [1.82, 2.24) is 20.1 Å². The average molecular weight is 412 g/mol. The van der Waals surface area contributed by atoms with Crippen LogP contribution in [0.5, 0.6) is 0 Å². The van der Waals surface area contributed by atoms with Gasteiger partial charge in [-0.3, -0.25) is 4.79 Å². The molecule has 154 valence electrons. The van der Waals surface area contributed by atoms with E-state index in [0.717, 1.165) is 59.2 Å². The highest BCUT2D eigenvalue weighted by Crippen LogP contribution is 2.34. The Morgan fingerprint density at radius 1 is 1.31 bits per heavy atom. The minimum atomic E-state index is 0.0273. The SMILES string of the molecule is CC[C@H](C)NC(=O)[C@@H]1CCCN(c2nc3c(s2)c(C)nn3-c2ccc(C)cc2)C1. The molecule has 3 aromatic rings. The topological polar surface area (TPSA) is 63.1 Å². The van der Waals surface area contributed by atoms with E-state index in [0.29, 0.717) is 0 Å². The summed E-state index contributed by atoms with van der Waals surface area (Å²) in [5.41, 5.74) is 4.14. The Kier molecular flexibility index (Phi) is 5.58. The monoisotopic (exact) mass is 411 g/mol. The molecule has 2 atom stereocenters. The lowest BCUT2D eigenvalue weighted by Crippen LogP contribution is -2.45. The zero-order valence-electron chi connectivity index (χ0n) is 17.6. The van der Waals surface area contributed by atoms with Crippen molar-refractivity contribution in [2.45, 2.75) is 53.0 Å². The molecule has 1 saturated heterocycles. The van der Waals surface area contributed by atoms with E-state index in [2.05, 4.69) is 55.3 Å². The number of benzene rings is 1. The molecule has 0 aliphatic carbocycles. The fourth-order valence-corrected chi connectivity index (χ4v) is 4.77. The van der Waals surface area contributed by atoms with Gasteiger partial charge in [0.2, 0.25) is 5.91 Å². The maximum Gasteiger partial charge on any atom is 0.225 e. The van der Waals surface area contributed by atoms with Crippen LogP contribution in [0.2, 0.25) is 0 Å². The first-order valence-corrected chi connectivity index (χ1v) is 11.3. The van der Waals surface area contributed by atoms with Gasteiger partial charge in [-0.2, -0.15) is 10.1 Å². The van der Waals surface area contributed by atoms with Gasteiger partial charge in [0.05, 0.1) is 22.0 Å². The third kappa shape index (κ3) is 4.01. The highest BCUT2D eigenvalue weighted by Gasteiger charge is 2.28. The lowest BCUT2D eigenvalue weighted by atomic mass is 9.97. The molecular formula is C22H29N5OS. The number of thiazole rings is 1. The number of aromatic nitrogens is 3. The molecule has 0 saturated carbocycles. The quantitative estimate of drug-likeness (QED) is 0.682. The number of rotatable bonds is 5. The van der Waals surface area contributed by atoms with E-state index in [-0.39, 0.29) is 17.9 Å². The minimum Gasteiger partial charge on any atom is -0.353 e. The summed E-state index contributed by atoms with van der Waals surface area (Å²) >= 11 is 1.68. The van der Waals surface area contributed by atoms with E-state index >= 15 is 0 Å². The van der Waals surface area contributed by atoms with E-state index in [9.17, 15) is 4.79 Å². The predicted octanol–water partition coefficient (Wildman–Crippen LogP) is 4.23. The Bertz CT molecular complexity index is 1010. The van der Waals surface area contributed by atoms with E-state index in [1.807, 2.05) is 11.6 Å². The summed E-state index contributed by atoms with van der Waals surface area (Å²) in [4.78, 5) is 19.8. The molecule has 3 heterocycles. The molecule has 7 heteroatoms. The Labute approximate surface area is 175 Å². The van der Waals surface area contributed by atoms with E-state index in [1.165, 1.54) is 5.56 Å². The molecular weight excluding hydrogens is 382 g/mol. The number of amides is 1. The van der Waals surface area contributed by atoms with Crippen LogP contribution in [0.1, 0.15) is 44.4 Å². The van der Waals surface area contributed by atoms with Crippen LogP contribution in [-0.4, -0.2) is 39.8 Å². The standard InChI is InChI=1S/C22H29N5OS/c1-5-15(3)23-21(28)17-7-6-12-26(13-17)22-24-20-19(29-22)16(4)25-27(20)18-10-8-14(2)9-11-18/h8-11,15,17H,5-7,12-13H2,1-4H3,(H,23,28)/t15-,17+/m0/s1. The average Bonchev–Trinajstić information content (AvgIpc) is 3.29. The maximum absolute atomic E-state index is 12.6. The van der Waals surface area contributed by atoms with Crippen LogP contribution in [0.25, 0.3) is 16.0 Å². The molecule has 1 amide bonds. The number of aryl methyl sites for hydroxylation is 2. The number of nitrogens with one attached hydrogen (secondary N) is 1. The van der Waals surface area contributed by atoms with Crippen LogP contribution in [0.15, 0.2) is 24.3 Å². The van der Waals surface area contributed by atoms with Gasteiger partial charge >= 0.3 is 0 Å². The molecule has 2 aromatic heterocycles. The maximum atomic E-state index is 12.6. The molecule has 4 rings (SSSR count). The fourth-order valence-electron chi connectivity index (χ4n) is 3.75. The summed E-state index contributed by atoms with van der Waals surface area (Å²) in [7, 11) is 0. The first-order valence-electron chi connectivity index (χ1n) is 10.4. The van der Waals surface area contributed by atoms with Crippen molar-refractivity contribution in [2.24, 2.45) is 5.92 Å². The van der Waals surface area contributed by atoms with Crippen molar-refractivity contribution < 1.29 is 4.79 Å². The second kappa shape index (κ2) is 8.14. The first kappa shape index (κ1) is 19.9. The summed E-state index contributed by atoms with van der Waals surface area (Å²) < 4.78 is 3.05. The number of fused-ring (bicyclic) bond motifs is 1. The minimum absolute atomic E-state index is 0.0273. The van der Waals surface area contributed by atoms with Crippen molar-refractivity contribution in [1.29, 1.82) is 0 Å². The van der Waals surface area contributed by atoms with Gasteiger partial charge in [0.15, 0.2) is 10.8 Å². The van der Waals surface area contributed by atoms with Gasteiger partial charge < -0.3 is 10.2 Å². The second-order valence-electron chi connectivity index (χ2n) is 8.08. The molecule has 1 aliphatic heterocycles. The largest absolute Gasteiger partial charge is 0.353 e. The normalized spacial score (nSPS) is 18.2. The highest BCUT2D eigenvalue weighted by atomic mass is 32.1. The second-order valence-corrected chi connectivity index (χ2v) is 9.06. The lowest BCUT2D eigenvalue weighted by molar-refractivity contribution is -0.125. The molecule has 1 aliphatic rings. The molecule has 6 nitrogen and oxygen atoms in total. The van der Waals surface area contributed by atoms with Gasteiger partial charge in [-0.25, -0.2) is 4.68 Å². The van der Waals surface area contributed by atoms with Crippen LogP contribution < -0.4 is 10.2 Å². The molecule has 0 spiro atoms. The molecule has 1 aromatic carbocycles. The summed E-state index contributed by atoms with van der Waals surface area (Å²) in [5.74, 6) is 0.201. The number of anilines is 1. The number of nitrogens with zero attached hydrogens (tertiary/aromatic N) is 4. The Morgan fingerprint density at radius 2 is 2.07 bits per heavy atom. The third-order valence-corrected chi connectivity index (χ3v) is 6.93. The summed E-state index contributed by atoms with van der Waals surface area (Å²) in [6, 6.07) is 8.57.